The van der Waals surface area contributed by atoms with Gasteiger partial charge in [0.05, 0.1) is 4.92 Å². The normalized spacial score (nSPS) is 10.7. The van der Waals surface area contributed by atoms with Gasteiger partial charge in [0.2, 0.25) is 0 Å². The van der Waals surface area contributed by atoms with Crippen molar-refractivity contribution in [3.8, 4) is 0 Å². The van der Waals surface area contributed by atoms with Crippen molar-refractivity contribution in [1.82, 2.24) is 4.98 Å². The number of halogens is 1. The minimum Gasteiger partial charge on any atom is -0.375 e. The molecule has 0 saturated heterocycles. The van der Waals surface area contributed by atoms with Crippen molar-refractivity contribution in [2.45, 2.75) is 6.54 Å². The summed E-state index contributed by atoms with van der Waals surface area (Å²) in [4.78, 5) is 13.7. The molecule has 0 fully saturated rings. The Kier molecular flexibility index (Phi) is 3.50. The number of nitro groups is 1. The van der Waals surface area contributed by atoms with Crippen molar-refractivity contribution in [3.63, 3.8) is 0 Å². The van der Waals surface area contributed by atoms with E-state index in [0.717, 1.165) is 16.5 Å². The van der Waals surface area contributed by atoms with Crippen molar-refractivity contribution < 1.29 is 4.92 Å². The predicted octanol–water partition coefficient (Wildman–Crippen LogP) is 4.34. The molecule has 0 atom stereocenters. The Morgan fingerprint density at radius 2 is 2.05 bits per heavy atom. The predicted molar refractivity (Wildman–Crippen MR) is 83.7 cm³/mol. The van der Waals surface area contributed by atoms with E-state index in [4.69, 9.17) is 11.6 Å². The highest BCUT2D eigenvalue weighted by atomic mass is 35.5. The number of fused-ring (bicyclic) bond motifs is 1. The molecule has 0 radical (unpaired) electrons. The molecule has 2 aromatic carbocycles. The number of hydrogen-bond donors (Lipinski definition) is 2. The summed E-state index contributed by atoms with van der Waals surface area (Å²) in [6, 6.07) is 12.5. The van der Waals surface area contributed by atoms with Crippen LogP contribution >= 0.6 is 11.6 Å². The second-order valence-electron chi connectivity index (χ2n) is 4.67. The van der Waals surface area contributed by atoms with Gasteiger partial charge in [0, 0.05) is 29.3 Å². The molecule has 0 aliphatic rings. The van der Waals surface area contributed by atoms with Crippen LogP contribution in [0.25, 0.3) is 10.9 Å². The second-order valence-corrected chi connectivity index (χ2v) is 5.11. The fourth-order valence-electron chi connectivity index (χ4n) is 2.21. The Hall–Kier alpha value is -2.53. The third kappa shape index (κ3) is 2.83. The van der Waals surface area contributed by atoms with Gasteiger partial charge in [-0.1, -0.05) is 23.7 Å². The fraction of sp³-hybridized carbons (Fsp3) is 0.0667. The van der Waals surface area contributed by atoms with E-state index in [1.807, 2.05) is 30.5 Å². The monoisotopic (exact) mass is 301 g/mol. The van der Waals surface area contributed by atoms with Crippen LogP contribution in [0.5, 0.6) is 0 Å². The smallest absolute Gasteiger partial charge is 0.292 e. The first kappa shape index (κ1) is 13.5. The van der Waals surface area contributed by atoms with Crippen LogP contribution in [0.4, 0.5) is 11.4 Å². The highest BCUT2D eigenvalue weighted by molar-refractivity contribution is 6.31. The maximum Gasteiger partial charge on any atom is 0.292 e. The van der Waals surface area contributed by atoms with Gasteiger partial charge < -0.3 is 10.3 Å². The number of benzene rings is 2. The summed E-state index contributed by atoms with van der Waals surface area (Å²) in [6.07, 6.45) is 1.88. The Morgan fingerprint density at radius 1 is 1.19 bits per heavy atom. The molecule has 106 valence electrons. The molecule has 3 rings (SSSR count). The molecule has 1 heterocycles. The number of nitrogens with zero attached hydrogens (tertiary/aromatic N) is 1. The zero-order valence-electron chi connectivity index (χ0n) is 11.0. The van der Waals surface area contributed by atoms with Crippen LogP contribution in [0.2, 0.25) is 5.02 Å². The first-order valence-corrected chi connectivity index (χ1v) is 6.75. The third-order valence-electron chi connectivity index (χ3n) is 3.26. The lowest BCUT2D eigenvalue weighted by Crippen LogP contribution is -2.02. The van der Waals surface area contributed by atoms with Crippen molar-refractivity contribution in [1.29, 1.82) is 0 Å². The topological polar surface area (TPSA) is 71.0 Å². The van der Waals surface area contributed by atoms with E-state index in [-0.39, 0.29) is 5.69 Å². The zero-order valence-corrected chi connectivity index (χ0v) is 11.7. The number of nitro benzene ring substituents is 1. The Labute approximate surface area is 125 Å². The van der Waals surface area contributed by atoms with E-state index in [9.17, 15) is 10.1 Å². The molecule has 0 aliphatic heterocycles. The molecule has 0 saturated carbocycles. The minimum absolute atomic E-state index is 0.0142. The average Bonchev–Trinajstić information content (AvgIpc) is 2.92. The first-order chi connectivity index (χ1) is 10.1. The zero-order chi connectivity index (χ0) is 14.8. The number of rotatable bonds is 4. The Balaban J connectivity index is 1.83. The lowest BCUT2D eigenvalue weighted by molar-refractivity contribution is -0.384. The number of anilines is 1. The van der Waals surface area contributed by atoms with Gasteiger partial charge in [-0.25, -0.2) is 0 Å². The molecule has 5 nitrogen and oxygen atoms in total. The molecular formula is C15H12ClN3O2. The van der Waals surface area contributed by atoms with Crippen molar-refractivity contribution >= 4 is 33.9 Å². The number of nitrogens with one attached hydrogen (secondary N) is 2. The summed E-state index contributed by atoms with van der Waals surface area (Å²) < 4.78 is 0. The highest BCUT2D eigenvalue weighted by Gasteiger charge is 2.13. The van der Waals surface area contributed by atoms with Gasteiger partial charge in [-0.3, -0.25) is 10.1 Å². The van der Waals surface area contributed by atoms with Crippen molar-refractivity contribution in [3.05, 3.63) is 69.4 Å². The van der Waals surface area contributed by atoms with Gasteiger partial charge in [0.15, 0.2) is 0 Å². The molecule has 0 unspecified atom stereocenters. The number of hydrogen-bond acceptors (Lipinski definition) is 3. The molecule has 0 bridgehead atoms. The average molecular weight is 302 g/mol. The van der Waals surface area contributed by atoms with E-state index < -0.39 is 4.92 Å². The van der Waals surface area contributed by atoms with E-state index in [1.165, 1.54) is 12.1 Å². The van der Waals surface area contributed by atoms with E-state index in [0.29, 0.717) is 17.3 Å². The van der Waals surface area contributed by atoms with Crippen LogP contribution < -0.4 is 5.32 Å². The molecule has 21 heavy (non-hydrogen) atoms. The SMILES string of the molecule is O=[N+]([O-])c1ccc(Cl)cc1NCc1ccc2cc[nH]c2c1. The van der Waals surface area contributed by atoms with Gasteiger partial charge in [-0.15, -0.1) is 0 Å². The van der Waals surface area contributed by atoms with Crippen molar-refractivity contribution in [2.24, 2.45) is 0 Å². The molecule has 2 N–H and O–H groups in total. The maximum absolute atomic E-state index is 11.0. The van der Waals surface area contributed by atoms with E-state index in [2.05, 4.69) is 10.3 Å². The van der Waals surface area contributed by atoms with Gasteiger partial charge >= 0.3 is 0 Å². The standard InChI is InChI=1S/C15H12ClN3O2/c16-12-3-4-15(19(20)21)14(8-12)18-9-10-1-2-11-5-6-17-13(11)7-10/h1-8,17-18H,9H2. The largest absolute Gasteiger partial charge is 0.375 e. The van der Waals surface area contributed by atoms with Gasteiger partial charge in [-0.2, -0.15) is 0 Å². The van der Waals surface area contributed by atoms with Crippen LogP contribution in [0.15, 0.2) is 48.7 Å². The lowest BCUT2D eigenvalue weighted by Gasteiger charge is -2.08. The first-order valence-electron chi connectivity index (χ1n) is 6.37. The summed E-state index contributed by atoms with van der Waals surface area (Å²) in [7, 11) is 0. The van der Waals surface area contributed by atoms with Crippen LogP contribution in [0, 0.1) is 10.1 Å². The molecule has 6 heteroatoms. The van der Waals surface area contributed by atoms with Gasteiger partial charge in [-0.05, 0) is 35.2 Å². The molecule has 3 aromatic rings. The highest BCUT2D eigenvalue weighted by Crippen LogP contribution is 2.28. The Bertz CT molecular complexity index is 814. The molecule has 1 aromatic heterocycles. The van der Waals surface area contributed by atoms with Crippen LogP contribution in [0.1, 0.15) is 5.56 Å². The van der Waals surface area contributed by atoms with Crippen molar-refractivity contribution in [2.75, 3.05) is 5.32 Å². The second kappa shape index (κ2) is 5.46. The number of aromatic amines is 1. The molecule has 0 amide bonds. The van der Waals surface area contributed by atoms with Crippen LogP contribution in [-0.4, -0.2) is 9.91 Å². The molecule has 0 spiro atoms. The summed E-state index contributed by atoms with van der Waals surface area (Å²) in [5.74, 6) is 0. The Morgan fingerprint density at radius 3 is 2.86 bits per heavy atom. The molecule has 0 aliphatic carbocycles. The third-order valence-corrected chi connectivity index (χ3v) is 3.49. The summed E-state index contributed by atoms with van der Waals surface area (Å²) >= 11 is 5.90. The lowest BCUT2D eigenvalue weighted by atomic mass is 10.1. The quantitative estimate of drug-likeness (QED) is 0.556. The molecular weight excluding hydrogens is 290 g/mol. The van der Waals surface area contributed by atoms with E-state index in [1.54, 1.807) is 6.07 Å². The fourth-order valence-corrected chi connectivity index (χ4v) is 2.38. The van der Waals surface area contributed by atoms with Crippen LogP contribution in [0.3, 0.4) is 0 Å². The van der Waals surface area contributed by atoms with Gasteiger partial charge in [0.1, 0.15) is 5.69 Å². The summed E-state index contributed by atoms with van der Waals surface area (Å²) in [6.45, 7) is 0.482. The van der Waals surface area contributed by atoms with Gasteiger partial charge in [0.25, 0.3) is 5.69 Å². The number of H-pyrrole nitrogens is 1. The van der Waals surface area contributed by atoms with Crippen LogP contribution in [-0.2, 0) is 6.54 Å². The summed E-state index contributed by atoms with van der Waals surface area (Å²) in [5.41, 5.74) is 2.49. The number of aromatic nitrogens is 1. The van der Waals surface area contributed by atoms with E-state index >= 15 is 0 Å². The minimum atomic E-state index is -0.424. The maximum atomic E-state index is 11.0. The summed E-state index contributed by atoms with van der Waals surface area (Å²) in [5, 5.41) is 15.7.